The minimum atomic E-state index is -4.29. The Bertz CT molecular complexity index is 149. The first-order valence-electron chi connectivity index (χ1n) is 5.04. The van der Waals surface area contributed by atoms with Crippen LogP contribution in [0.15, 0.2) is 0 Å². The van der Waals surface area contributed by atoms with E-state index in [0.29, 0.717) is 6.42 Å². The predicted octanol–water partition coefficient (Wildman–Crippen LogP) is 2.25. The zero-order valence-electron chi connectivity index (χ0n) is 8.90. The molecule has 13 heavy (non-hydrogen) atoms. The molecule has 0 heterocycles. The average molecular weight is 210 g/mol. The van der Waals surface area contributed by atoms with Gasteiger partial charge in [0, 0.05) is 0 Å². The molecule has 0 aliphatic heterocycles. The van der Waals surface area contributed by atoms with Crippen LogP contribution in [-0.2, 0) is 0 Å². The van der Waals surface area contributed by atoms with E-state index in [9.17, 15) is 14.7 Å². The molecule has 0 fully saturated rings. The van der Waals surface area contributed by atoms with Crippen molar-refractivity contribution in [3.05, 3.63) is 0 Å². The minimum absolute atomic E-state index is 0.156. The van der Waals surface area contributed by atoms with Crippen molar-refractivity contribution < 1.29 is 14.7 Å². The van der Waals surface area contributed by atoms with Gasteiger partial charge >= 0.3 is 80.2 Å². The second-order valence-corrected chi connectivity index (χ2v) is 8.02. The Morgan fingerprint density at radius 3 is 1.92 bits per heavy atom. The molecule has 0 unspecified atom stereocenters. The Kier molecular flexibility index (Phi) is 4.81. The Morgan fingerprint density at radius 2 is 1.54 bits per heavy atom. The summed E-state index contributed by atoms with van der Waals surface area (Å²) >= 11 is 0. The van der Waals surface area contributed by atoms with Crippen LogP contribution in [0.3, 0.4) is 0 Å². The number of rotatable bonds is 6. The van der Waals surface area contributed by atoms with Crippen LogP contribution in [0.25, 0.3) is 0 Å². The van der Waals surface area contributed by atoms with Gasteiger partial charge in [0.2, 0.25) is 0 Å². The first kappa shape index (κ1) is 13.3. The van der Waals surface area contributed by atoms with Crippen LogP contribution in [0.1, 0.15) is 46.5 Å². The van der Waals surface area contributed by atoms with E-state index in [-0.39, 0.29) is 6.16 Å². The van der Waals surface area contributed by atoms with Crippen molar-refractivity contribution in [3.8, 4) is 0 Å². The van der Waals surface area contributed by atoms with Gasteiger partial charge in [0.1, 0.15) is 0 Å². The van der Waals surface area contributed by atoms with E-state index in [1.54, 1.807) is 13.8 Å². The molecule has 0 saturated heterocycles. The summed E-state index contributed by atoms with van der Waals surface area (Å²) in [5.74, 6) is 0. The Balaban J connectivity index is 3.88. The molecule has 0 amide bonds. The first-order valence-corrected chi connectivity index (χ1v) is 7.39. The van der Waals surface area contributed by atoms with Crippen LogP contribution >= 0.6 is 7.28 Å². The molecular formula is C9H23O3P. The fraction of sp³-hybridized carbons (Fsp3) is 1.00. The Labute approximate surface area is 81.0 Å². The van der Waals surface area contributed by atoms with E-state index in [0.717, 1.165) is 19.3 Å². The molecule has 4 heteroatoms. The van der Waals surface area contributed by atoms with E-state index >= 15 is 0 Å². The van der Waals surface area contributed by atoms with Crippen LogP contribution in [0.5, 0.6) is 0 Å². The van der Waals surface area contributed by atoms with E-state index in [4.69, 9.17) is 0 Å². The van der Waals surface area contributed by atoms with Crippen molar-refractivity contribution in [3.63, 3.8) is 0 Å². The van der Waals surface area contributed by atoms with Crippen molar-refractivity contribution in [2.24, 2.45) is 0 Å². The zero-order chi connectivity index (χ0) is 10.6. The Hall–Kier alpha value is 0.310. The summed E-state index contributed by atoms with van der Waals surface area (Å²) in [6.07, 6.45) is 4.02. The van der Waals surface area contributed by atoms with Crippen molar-refractivity contribution in [1.29, 1.82) is 0 Å². The number of unbranched alkanes of at least 4 members (excludes halogenated alkanes) is 3. The van der Waals surface area contributed by atoms with Gasteiger partial charge in [-0.05, 0) is 0 Å². The second-order valence-electron chi connectivity index (χ2n) is 4.10. The molecule has 0 atom stereocenters. The maximum absolute atomic E-state index is 9.60. The summed E-state index contributed by atoms with van der Waals surface area (Å²) < 4.78 is 0. The van der Waals surface area contributed by atoms with Gasteiger partial charge in [0.15, 0.2) is 0 Å². The quantitative estimate of drug-likeness (QED) is 0.465. The first-order chi connectivity index (χ1) is 5.78. The van der Waals surface area contributed by atoms with Crippen molar-refractivity contribution in [1.82, 2.24) is 0 Å². The summed E-state index contributed by atoms with van der Waals surface area (Å²) in [4.78, 5) is 28.8. The van der Waals surface area contributed by atoms with Crippen molar-refractivity contribution in [2.45, 2.75) is 52.1 Å². The third-order valence-corrected chi connectivity index (χ3v) is 5.79. The molecule has 3 nitrogen and oxygen atoms in total. The third kappa shape index (κ3) is 4.92. The third-order valence-electron chi connectivity index (χ3n) is 2.50. The number of hydrogen-bond donors (Lipinski definition) is 3. The maximum atomic E-state index is 9.60. The van der Waals surface area contributed by atoms with Gasteiger partial charge in [-0.2, -0.15) is 0 Å². The van der Waals surface area contributed by atoms with E-state index in [1.165, 1.54) is 0 Å². The van der Waals surface area contributed by atoms with Crippen LogP contribution in [-0.4, -0.2) is 26.5 Å². The molecule has 0 aromatic rings. The predicted molar refractivity (Wildman–Crippen MR) is 57.7 cm³/mol. The van der Waals surface area contributed by atoms with E-state index in [1.807, 2.05) is 0 Å². The fourth-order valence-corrected chi connectivity index (χ4v) is 2.45. The van der Waals surface area contributed by atoms with Crippen LogP contribution < -0.4 is 0 Å². The molecule has 0 aliphatic carbocycles. The average Bonchev–Trinajstić information content (AvgIpc) is 1.97. The summed E-state index contributed by atoms with van der Waals surface area (Å²) in [6.45, 7) is 5.40. The van der Waals surface area contributed by atoms with E-state index in [2.05, 4.69) is 6.92 Å². The van der Waals surface area contributed by atoms with E-state index < -0.39 is 12.9 Å². The van der Waals surface area contributed by atoms with Gasteiger partial charge < -0.3 is 0 Å². The van der Waals surface area contributed by atoms with Crippen LogP contribution in [0.2, 0.25) is 0 Å². The van der Waals surface area contributed by atoms with Crippen molar-refractivity contribution >= 4 is 7.28 Å². The van der Waals surface area contributed by atoms with Gasteiger partial charge in [0.05, 0.1) is 0 Å². The molecule has 0 bridgehead atoms. The molecule has 0 aromatic carbocycles. The summed E-state index contributed by atoms with van der Waals surface area (Å²) in [5.41, 5.74) is -0.437. The standard InChI is InChI=1S/C9H23O3P/c1-4-5-6-7-8-13(10,11,12)9(2)3/h9-12H,4-8H2,1-3H3. The van der Waals surface area contributed by atoms with Crippen LogP contribution in [0, 0.1) is 0 Å². The molecule has 82 valence electrons. The van der Waals surface area contributed by atoms with Gasteiger partial charge in [0.25, 0.3) is 0 Å². The van der Waals surface area contributed by atoms with Gasteiger partial charge in [-0.25, -0.2) is 0 Å². The zero-order valence-corrected chi connectivity index (χ0v) is 9.80. The second kappa shape index (κ2) is 4.70. The van der Waals surface area contributed by atoms with Gasteiger partial charge in [-0.15, -0.1) is 0 Å². The molecular weight excluding hydrogens is 187 g/mol. The molecule has 0 aliphatic rings. The summed E-state index contributed by atoms with van der Waals surface area (Å²) in [5, 5.41) is 0. The topological polar surface area (TPSA) is 60.7 Å². The monoisotopic (exact) mass is 210 g/mol. The SMILES string of the molecule is CCCCCCP(O)(O)(O)C(C)C. The molecule has 0 radical (unpaired) electrons. The molecule has 0 spiro atoms. The summed E-state index contributed by atoms with van der Waals surface area (Å²) in [7, 11) is -4.29. The fourth-order valence-electron chi connectivity index (χ4n) is 1.10. The summed E-state index contributed by atoms with van der Waals surface area (Å²) in [6, 6.07) is 0. The number of hydrogen-bond acceptors (Lipinski definition) is 3. The molecule has 3 N–H and O–H groups in total. The normalized spacial score (nSPS) is 15.8. The van der Waals surface area contributed by atoms with Crippen LogP contribution in [0.4, 0.5) is 0 Å². The molecule has 0 aromatic heterocycles. The van der Waals surface area contributed by atoms with Gasteiger partial charge in [-0.3, -0.25) is 0 Å². The van der Waals surface area contributed by atoms with Crippen molar-refractivity contribution in [2.75, 3.05) is 6.16 Å². The molecule has 0 saturated carbocycles. The van der Waals surface area contributed by atoms with Gasteiger partial charge in [-0.1, -0.05) is 0 Å². The molecule has 0 rings (SSSR count). The Morgan fingerprint density at radius 1 is 1.00 bits per heavy atom.